The van der Waals surface area contributed by atoms with Crippen molar-refractivity contribution in [2.75, 3.05) is 39.2 Å². The van der Waals surface area contributed by atoms with Gasteiger partial charge < -0.3 is 25.0 Å². The smallest absolute Gasteiger partial charge is 0.411 e. The number of guanidine groups is 1. The van der Waals surface area contributed by atoms with Crippen molar-refractivity contribution in [1.29, 1.82) is 0 Å². The number of carbonyl (C=O) groups is 2. The van der Waals surface area contributed by atoms with Gasteiger partial charge in [0, 0.05) is 38.4 Å². The van der Waals surface area contributed by atoms with Crippen LogP contribution in [-0.4, -0.2) is 62.9 Å². The molecule has 154 valence electrons. The fourth-order valence-electron chi connectivity index (χ4n) is 2.87. The van der Waals surface area contributed by atoms with Crippen molar-refractivity contribution in [2.45, 2.75) is 32.4 Å². The summed E-state index contributed by atoms with van der Waals surface area (Å²) in [4.78, 5) is 29.0. The fraction of sp³-hybridized carbons (Fsp3) is 0.526. The molecule has 1 heterocycles. The lowest BCUT2D eigenvalue weighted by atomic mass is 10.1. The zero-order valence-electron chi connectivity index (χ0n) is 16.7. The third-order valence-corrected chi connectivity index (χ3v) is 4.43. The maximum absolute atomic E-state index is 11.8. The number of carbonyl (C=O) groups excluding carboxylic acids is 2. The third-order valence-electron chi connectivity index (χ3n) is 4.43. The molecule has 0 atom stereocenters. The number of amides is 2. The van der Waals surface area contributed by atoms with Crippen LogP contribution in [0.25, 0.3) is 0 Å². The average Bonchev–Trinajstić information content (AvgIpc) is 2.72. The molecular formula is C19H29N5O4. The molecule has 1 aliphatic rings. The Hall–Kier alpha value is -2.97. The monoisotopic (exact) mass is 391 g/mol. The zero-order valence-corrected chi connectivity index (χ0v) is 16.7. The number of hydrogen-bond acceptors (Lipinski definition) is 5. The van der Waals surface area contributed by atoms with Gasteiger partial charge >= 0.3 is 12.2 Å². The summed E-state index contributed by atoms with van der Waals surface area (Å²) in [6.45, 7) is 4.14. The summed E-state index contributed by atoms with van der Waals surface area (Å²) >= 11 is 0. The molecule has 1 aromatic rings. The van der Waals surface area contributed by atoms with Gasteiger partial charge in [-0.2, -0.15) is 0 Å². The van der Waals surface area contributed by atoms with E-state index in [4.69, 9.17) is 4.74 Å². The molecule has 28 heavy (non-hydrogen) atoms. The third kappa shape index (κ3) is 6.64. The molecule has 2 amide bonds. The van der Waals surface area contributed by atoms with Gasteiger partial charge in [-0.1, -0.05) is 12.1 Å². The van der Waals surface area contributed by atoms with Crippen LogP contribution in [0, 0.1) is 0 Å². The van der Waals surface area contributed by atoms with Crippen molar-refractivity contribution < 1.29 is 19.1 Å². The van der Waals surface area contributed by atoms with Crippen molar-refractivity contribution in [3.8, 4) is 0 Å². The number of hydrogen-bond donors (Lipinski definition) is 3. The number of likely N-dealkylation sites (tertiary alicyclic amines) is 1. The van der Waals surface area contributed by atoms with Gasteiger partial charge in [-0.05, 0) is 37.5 Å². The van der Waals surface area contributed by atoms with Gasteiger partial charge in [0.2, 0.25) is 0 Å². The van der Waals surface area contributed by atoms with Crippen LogP contribution in [0.3, 0.4) is 0 Å². The number of nitrogens with one attached hydrogen (secondary N) is 3. The highest BCUT2D eigenvalue weighted by Gasteiger charge is 2.23. The number of nitrogens with zero attached hydrogens (tertiary/aromatic N) is 2. The number of ether oxygens (including phenoxy) is 2. The lowest BCUT2D eigenvalue weighted by molar-refractivity contribution is 0.0963. The molecule has 1 fully saturated rings. The van der Waals surface area contributed by atoms with Gasteiger partial charge in [0.05, 0.1) is 13.7 Å². The molecule has 0 unspecified atom stereocenters. The molecule has 9 nitrogen and oxygen atoms in total. The Kier molecular flexibility index (Phi) is 8.38. The Bertz CT molecular complexity index is 669. The number of methoxy groups -OCH3 is 1. The van der Waals surface area contributed by atoms with E-state index in [9.17, 15) is 9.59 Å². The maximum Gasteiger partial charge on any atom is 0.411 e. The Morgan fingerprint density at radius 2 is 1.89 bits per heavy atom. The minimum absolute atomic E-state index is 0.242. The van der Waals surface area contributed by atoms with Crippen LogP contribution in [0.1, 0.15) is 25.3 Å². The topological polar surface area (TPSA) is 104 Å². The first-order chi connectivity index (χ1) is 13.5. The van der Waals surface area contributed by atoms with E-state index in [1.807, 2.05) is 31.2 Å². The highest BCUT2D eigenvalue weighted by Crippen LogP contribution is 2.12. The van der Waals surface area contributed by atoms with E-state index in [1.165, 1.54) is 7.11 Å². The summed E-state index contributed by atoms with van der Waals surface area (Å²) in [7, 11) is 3.05. The van der Waals surface area contributed by atoms with E-state index in [0.29, 0.717) is 37.9 Å². The highest BCUT2D eigenvalue weighted by atomic mass is 16.6. The first kappa shape index (κ1) is 21.3. The molecule has 1 aromatic carbocycles. The minimum Gasteiger partial charge on any atom is -0.453 e. The van der Waals surface area contributed by atoms with Crippen LogP contribution < -0.4 is 16.0 Å². The first-order valence-electron chi connectivity index (χ1n) is 9.38. The number of aliphatic imine (C=N–C) groups is 1. The van der Waals surface area contributed by atoms with Gasteiger partial charge in [0.1, 0.15) is 0 Å². The van der Waals surface area contributed by atoms with E-state index in [-0.39, 0.29) is 12.1 Å². The van der Waals surface area contributed by atoms with Crippen molar-refractivity contribution >= 4 is 23.8 Å². The summed E-state index contributed by atoms with van der Waals surface area (Å²) in [5.74, 6) is 0.714. The maximum atomic E-state index is 11.8. The average molecular weight is 391 g/mol. The molecule has 9 heteroatoms. The summed E-state index contributed by atoms with van der Waals surface area (Å²) in [6.07, 6.45) is 0.943. The van der Waals surface area contributed by atoms with Crippen LogP contribution in [0.2, 0.25) is 0 Å². The molecule has 0 saturated carbocycles. The largest absolute Gasteiger partial charge is 0.453 e. The number of rotatable bonds is 5. The van der Waals surface area contributed by atoms with Crippen molar-refractivity contribution in [3.05, 3.63) is 29.8 Å². The predicted octanol–water partition coefficient (Wildman–Crippen LogP) is 2.15. The second-order valence-corrected chi connectivity index (χ2v) is 6.34. The van der Waals surface area contributed by atoms with Crippen LogP contribution >= 0.6 is 0 Å². The minimum atomic E-state index is -0.496. The molecule has 3 N–H and O–H groups in total. The van der Waals surface area contributed by atoms with Crippen molar-refractivity contribution in [3.63, 3.8) is 0 Å². The van der Waals surface area contributed by atoms with Crippen LogP contribution in [0.15, 0.2) is 29.3 Å². The number of anilines is 1. The lowest BCUT2D eigenvalue weighted by Crippen LogP contribution is -2.49. The molecule has 0 aromatic heterocycles. The molecule has 0 aliphatic carbocycles. The van der Waals surface area contributed by atoms with Gasteiger partial charge in [-0.25, -0.2) is 9.59 Å². The van der Waals surface area contributed by atoms with Gasteiger partial charge in [0.15, 0.2) is 5.96 Å². The Labute approximate surface area is 165 Å². The second kappa shape index (κ2) is 11.0. The lowest BCUT2D eigenvalue weighted by Gasteiger charge is -2.32. The van der Waals surface area contributed by atoms with Gasteiger partial charge in [-0.3, -0.25) is 10.3 Å². The first-order valence-corrected chi connectivity index (χ1v) is 9.38. The Morgan fingerprint density at radius 3 is 2.46 bits per heavy atom. The van der Waals surface area contributed by atoms with Crippen LogP contribution in [0.4, 0.5) is 15.3 Å². The molecule has 0 bridgehead atoms. The zero-order chi connectivity index (χ0) is 20.4. The number of piperidine rings is 1. The van der Waals surface area contributed by atoms with Crippen LogP contribution in [0.5, 0.6) is 0 Å². The summed E-state index contributed by atoms with van der Waals surface area (Å²) in [5, 5.41) is 9.29. The van der Waals surface area contributed by atoms with Gasteiger partial charge in [0.25, 0.3) is 0 Å². The van der Waals surface area contributed by atoms with Crippen molar-refractivity contribution in [1.82, 2.24) is 15.5 Å². The van der Waals surface area contributed by atoms with E-state index in [1.54, 1.807) is 11.9 Å². The molecule has 1 saturated heterocycles. The van der Waals surface area contributed by atoms with E-state index >= 15 is 0 Å². The summed E-state index contributed by atoms with van der Waals surface area (Å²) in [6, 6.07) is 7.72. The normalized spacial score (nSPS) is 15.0. The summed E-state index contributed by atoms with van der Waals surface area (Å²) in [5.41, 5.74) is 1.72. The molecule has 2 rings (SSSR count). The second-order valence-electron chi connectivity index (χ2n) is 6.34. The highest BCUT2D eigenvalue weighted by molar-refractivity contribution is 5.84. The molecule has 0 radical (unpaired) electrons. The fourth-order valence-corrected chi connectivity index (χ4v) is 2.87. The number of benzene rings is 1. The molecule has 1 aliphatic heterocycles. The van der Waals surface area contributed by atoms with Crippen LogP contribution in [-0.2, 0) is 16.0 Å². The van der Waals surface area contributed by atoms with Crippen molar-refractivity contribution in [2.24, 2.45) is 4.99 Å². The SMILES string of the molecule is CCOC(=O)N1CCC(NC(=NC)NCc2ccc(NC(=O)OC)cc2)CC1. The molecule has 0 spiro atoms. The van der Waals surface area contributed by atoms with E-state index in [2.05, 4.69) is 25.7 Å². The van der Waals surface area contributed by atoms with Gasteiger partial charge in [-0.15, -0.1) is 0 Å². The van der Waals surface area contributed by atoms with E-state index < -0.39 is 6.09 Å². The van der Waals surface area contributed by atoms with E-state index in [0.717, 1.165) is 18.4 Å². The Morgan fingerprint density at radius 1 is 1.21 bits per heavy atom. The standard InChI is InChI=1S/C19H29N5O4/c1-4-28-19(26)24-11-9-16(10-12-24)22-17(20-2)21-13-14-5-7-15(8-6-14)23-18(25)27-3/h5-8,16H,4,9-13H2,1-3H3,(H,23,25)(H2,20,21,22). The predicted molar refractivity (Wildman–Crippen MR) is 107 cm³/mol. The molecular weight excluding hydrogens is 362 g/mol. The summed E-state index contributed by atoms with van der Waals surface area (Å²) < 4.78 is 9.61. The Balaban J connectivity index is 1.76. The quantitative estimate of drug-likeness (QED) is 0.525.